The van der Waals surface area contributed by atoms with Crippen molar-refractivity contribution in [3.05, 3.63) is 24.0 Å². The lowest BCUT2D eigenvalue weighted by atomic mass is 9.85. The Labute approximate surface area is 123 Å². The Morgan fingerprint density at radius 3 is 2.10 bits per heavy atom. The van der Waals surface area contributed by atoms with Crippen molar-refractivity contribution in [2.24, 2.45) is 11.3 Å². The summed E-state index contributed by atoms with van der Waals surface area (Å²) in [5.74, 6) is -1.67. The minimum atomic E-state index is -1.42. The molecule has 0 aliphatic heterocycles. The predicted octanol–water partition coefficient (Wildman–Crippen LogP) is 1.75. The first-order valence-corrected chi connectivity index (χ1v) is 6.49. The smallest absolute Gasteiger partial charge is 0.323 e. The molecule has 0 radical (unpaired) electrons. The molecular weight excluding hydrogens is 276 g/mol. The number of ether oxygens (including phenoxy) is 3. The number of carbonyl (C=O) groups is 3. The Morgan fingerprint density at radius 2 is 1.71 bits per heavy atom. The largest absolute Gasteiger partial charge is 0.468 e. The summed E-state index contributed by atoms with van der Waals surface area (Å²) in [6, 6.07) is 0. The molecule has 0 N–H and O–H groups in total. The third-order valence-corrected chi connectivity index (χ3v) is 3.69. The Bertz CT molecular complexity index is 486. The molecule has 116 valence electrons. The molecule has 1 fully saturated rings. The van der Waals surface area contributed by atoms with Gasteiger partial charge in [0.05, 0.1) is 14.2 Å². The highest BCUT2D eigenvalue weighted by Gasteiger charge is 2.55. The van der Waals surface area contributed by atoms with Gasteiger partial charge in [0.15, 0.2) is 5.41 Å². The van der Waals surface area contributed by atoms with Crippen LogP contribution in [0.2, 0.25) is 0 Å². The van der Waals surface area contributed by atoms with Gasteiger partial charge in [-0.1, -0.05) is 6.08 Å². The van der Waals surface area contributed by atoms with Crippen molar-refractivity contribution in [3.8, 4) is 0 Å². The van der Waals surface area contributed by atoms with Gasteiger partial charge in [0, 0.05) is 12.8 Å². The van der Waals surface area contributed by atoms with Gasteiger partial charge in [-0.2, -0.15) is 0 Å². The van der Waals surface area contributed by atoms with Gasteiger partial charge in [-0.25, -0.2) is 0 Å². The van der Waals surface area contributed by atoms with E-state index in [0.29, 0.717) is 11.3 Å². The van der Waals surface area contributed by atoms with E-state index in [2.05, 4.69) is 6.58 Å². The van der Waals surface area contributed by atoms with E-state index in [0.717, 1.165) is 0 Å². The van der Waals surface area contributed by atoms with E-state index < -0.39 is 23.3 Å². The number of allylic oxidation sites excluding steroid dienone is 3. The van der Waals surface area contributed by atoms with E-state index in [1.54, 1.807) is 13.0 Å². The van der Waals surface area contributed by atoms with Crippen LogP contribution in [-0.2, 0) is 28.6 Å². The number of rotatable bonds is 4. The Morgan fingerprint density at radius 1 is 1.19 bits per heavy atom. The fourth-order valence-corrected chi connectivity index (χ4v) is 2.70. The highest BCUT2D eigenvalue weighted by molar-refractivity contribution is 6.01. The molecule has 21 heavy (non-hydrogen) atoms. The molecule has 0 bridgehead atoms. The molecule has 1 aliphatic rings. The lowest BCUT2D eigenvalue weighted by Crippen LogP contribution is -2.39. The van der Waals surface area contributed by atoms with Gasteiger partial charge >= 0.3 is 17.9 Å². The van der Waals surface area contributed by atoms with Crippen molar-refractivity contribution in [1.29, 1.82) is 0 Å². The number of hydrogen-bond acceptors (Lipinski definition) is 6. The van der Waals surface area contributed by atoms with E-state index in [9.17, 15) is 14.4 Å². The zero-order valence-corrected chi connectivity index (χ0v) is 12.7. The van der Waals surface area contributed by atoms with Crippen molar-refractivity contribution in [2.75, 3.05) is 14.2 Å². The third kappa shape index (κ3) is 3.15. The fraction of sp³-hybridized carbons (Fsp3) is 0.533. The molecule has 0 aromatic rings. The zero-order valence-electron chi connectivity index (χ0n) is 12.7. The second-order valence-electron chi connectivity index (χ2n) is 4.96. The summed E-state index contributed by atoms with van der Waals surface area (Å²) in [5.41, 5.74) is -0.741. The average Bonchev–Trinajstić information content (AvgIpc) is 2.85. The standard InChI is InChI=1S/C15H20O6/c1-6-11-7-15(13(17)19-4,14(18)20-5)8-12(11)9(2)21-10(3)16/h6,11H,1,7-8H2,2-5H3/b12-9+. The van der Waals surface area contributed by atoms with Crippen LogP contribution in [0.1, 0.15) is 26.7 Å². The molecule has 1 rings (SSSR count). The van der Waals surface area contributed by atoms with Crippen molar-refractivity contribution >= 4 is 17.9 Å². The molecule has 1 atom stereocenters. The van der Waals surface area contributed by atoms with E-state index in [1.165, 1.54) is 21.1 Å². The maximum atomic E-state index is 12.1. The number of hydrogen-bond donors (Lipinski definition) is 0. The second kappa shape index (κ2) is 6.56. The first-order valence-electron chi connectivity index (χ1n) is 6.49. The Balaban J connectivity index is 3.29. The second-order valence-corrected chi connectivity index (χ2v) is 4.96. The molecule has 0 saturated heterocycles. The number of carbonyl (C=O) groups excluding carboxylic acids is 3. The van der Waals surface area contributed by atoms with Crippen molar-refractivity contribution < 1.29 is 28.6 Å². The summed E-state index contributed by atoms with van der Waals surface area (Å²) in [7, 11) is 2.44. The van der Waals surface area contributed by atoms with Crippen molar-refractivity contribution in [2.45, 2.75) is 26.7 Å². The van der Waals surface area contributed by atoms with Gasteiger partial charge in [-0.15, -0.1) is 6.58 Å². The van der Waals surface area contributed by atoms with E-state index in [4.69, 9.17) is 14.2 Å². The lowest BCUT2D eigenvalue weighted by molar-refractivity contribution is -0.168. The summed E-state index contributed by atoms with van der Waals surface area (Å²) >= 11 is 0. The first kappa shape index (κ1) is 16.9. The molecule has 6 nitrogen and oxygen atoms in total. The predicted molar refractivity (Wildman–Crippen MR) is 73.9 cm³/mol. The molecule has 1 saturated carbocycles. The summed E-state index contributed by atoms with van der Waals surface area (Å²) in [6.07, 6.45) is 1.89. The van der Waals surface area contributed by atoms with Gasteiger partial charge in [0.25, 0.3) is 0 Å². The molecule has 0 aromatic heterocycles. The topological polar surface area (TPSA) is 78.9 Å². The van der Waals surface area contributed by atoms with Crippen molar-refractivity contribution in [3.63, 3.8) is 0 Å². The fourth-order valence-electron chi connectivity index (χ4n) is 2.70. The third-order valence-electron chi connectivity index (χ3n) is 3.69. The minimum absolute atomic E-state index is 0.0855. The van der Waals surface area contributed by atoms with Crippen LogP contribution in [0, 0.1) is 11.3 Å². The average molecular weight is 296 g/mol. The minimum Gasteiger partial charge on any atom is -0.468 e. The van der Waals surface area contributed by atoms with Crippen LogP contribution < -0.4 is 0 Å². The summed E-state index contributed by atoms with van der Waals surface area (Å²) in [6.45, 7) is 6.62. The normalized spacial score (nSPS) is 22.2. The summed E-state index contributed by atoms with van der Waals surface area (Å²) in [5, 5.41) is 0. The maximum Gasteiger partial charge on any atom is 0.323 e. The maximum absolute atomic E-state index is 12.1. The molecule has 0 spiro atoms. The van der Waals surface area contributed by atoms with Crippen LogP contribution in [0.15, 0.2) is 24.0 Å². The molecule has 1 aliphatic carbocycles. The van der Waals surface area contributed by atoms with Crippen LogP contribution >= 0.6 is 0 Å². The number of esters is 3. The van der Waals surface area contributed by atoms with Crippen LogP contribution in [0.3, 0.4) is 0 Å². The molecule has 0 heterocycles. The van der Waals surface area contributed by atoms with Crippen LogP contribution in [0.4, 0.5) is 0 Å². The molecule has 0 amide bonds. The highest BCUT2D eigenvalue weighted by atomic mass is 16.5. The molecule has 1 unspecified atom stereocenters. The van der Waals surface area contributed by atoms with Gasteiger partial charge < -0.3 is 14.2 Å². The van der Waals surface area contributed by atoms with Crippen LogP contribution in [-0.4, -0.2) is 32.1 Å². The summed E-state index contributed by atoms with van der Waals surface area (Å²) < 4.78 is 14.6. The zero-order chi connectivity index (χ0) is 16.2. The SMILES string of the molecule is C=CC1CC(C(=O)OC)(C(=O)OC)C/C1=C(/C)OC(C)=O. The van der Waals surface area contributed by atoms with Crippen molar-refractivity contribution in [1.82, 2.24) is 0 Å². The van der Waals surface area contributed by atoms with Crippen LogP contribution in [0.25, 0.3) is 0 Å². The Hall–Kier alpha value is -2.11. The van der Waals surface area contributed by atoms with Gasteiger partial charge in [0.2, 0.25) is 0 Å². The molecule has 0 aromatic carbocycles. The monoisotopic (exact) mass is 296 g/mol. The quantitative estimate of drug-likeness (QED) is 0.258. The number of methoxy groups -OCH3 is 2. The lowest BCUT2D eigenvalue weighted by Gasteiger charge is -2.22. The Kier molecular flexibility index (Phi) is 5.29. The van der Waals surface area contributed by atoms with E-state index in [-0.39, 0.29) is 18.8 Å². The molecule has 6 heteroatoms. The highest BCUT2D eigenvalue weighted by Crippen LogP contribution is 2.48. The summed E-state index contributed by atoms with van der Waals surface area (Å²) in [4.78, 5) is 35.3. The van der Waals surface area contributed by atoms with Gasteiger partial charge in [0.1, 0.15) is 5.76 Å². The first-order chi connectivity index (χ1) is 9.82. The molecular formula is C15H20O6. The van der Waals surface area contributed by atoms with Gasteiger partial charge in [-0.3, -0.25) is 14.4 Å². The van der Waals surface area contributed by atoms with E-state index >= 15 is 0 Å². The van der Waals surface area contributed by atoms with Gasteiger partial charge in [-0.05, 0) is 25.3 Å². The van der Waals surface area contributed by atoms with Crippen LogP contribution in [0.5, 0.6) is 0 Å². The van der Waals surface area contributed by atoms with E-state index in [1.807, 2.05) is 0 Å².